The van der Waals surface area contributed by atoms with E-state index in [4.69, 9.17) is 4.74 Å². The number of ether oxygens (including phenoxy) is 1. The topological polar surface area (TPSA) is 75.8 Å². The summed E-state index contributed by atoms with van der Waals surface area (Å²) in [6, 6.07) is 14.3. The summed E-state index contributed by atoms with van der Waals surface area (Å²) < 4.78 is 4.82. The second-order valence-corrected chi connectivity index (χ2v) is 7.36. The van der Waals surface area contributed by atoms with Crippen molar-refractivity contribution in [3.63, 3.8) is 0 Å². The molecular weight excluding hydrogens is 360 g/mol. The molecule has 0 fully saturated rings. The van der Waals surface area contributed by atoms with E-state index in [1.165, 1.54) is 12.0 Å². The van der Waals surface area contributed by atoms with Crippen molar-refractivity contribution < 1.29 is 19.6 Å². The Balaban J connectivity index is 1.80. The van der Waals surface area contributed by atoms with E-state index in [2.05, 4.69) is 23.2 Å². The lowest BCUT2D eigenvalue weighted by Gasteiger charge is -2.14. The fourth-order valence-corrected chi connectivity index (χ4v) is 4.16. The largest absolute Gasteiger partial charge is 0.465 e. The highest BCUT2D eigenvalue weighted by molar-refractivity contribution is 7.10. The number of nitrogens with one attached hydrogen (secondary N) is 1. The van der Waals surface area contributed by atoms with Gasteiger partial charge in [-0.15, -0.1) is 11.3 Å². The van der Waals surface area contributed by atoms with Crippen molar-refractivity contribution in [2.75, 3.05) is 13.7 Å². The van der Waals surface area contributed by atoms with Crippen molar-refractivity contribution in [1.82, 2.24) is 4.98 Å². The van der Waals surface area contributed by atoms with Crippen LogP contribution < -0.4 is 5.32 Å². The van der Waals surface area contributed by atoms with Gasteiger partial charge in [-0.05, 0) is 30.9 Å². The second-order valence-electron chi connectivity index (χ2n) is 6.38. The molecule has 0 unspecified atom stereocenters. The van der Waals surface area contributed by atoms with Crippen LogP contribution in [0.2, 0.25) is 0 Å². The molecule has 2 aromatic heterocycles. The molecule has 0 amide bonds. The summed E-state index contributed by atoms with van der Waals surface area (Å²) in [6.07, 6.45) is 0. The summed E-state index contributed by atoms with van der Waals surface area (Å²) in [6.45, 7) is 3.83. The van der Waals surface area contributed by atoms with Gasteiger partial charge in [0.1, 0.15) is 12.6 Å². The lowest BCUT2D eigenvalue weighted by molar-refractivity contribution is -0.675. The Bertz CT molecular complexity index is 930. The molecule has 0 radical (unpaired) electrons. The Hall–Kier alpha value is -2.70. The van der Waals surface area contributed by atoms with Gasteiger partial charge in [-0.3, -0.25) is 4.79 Å². The minimum Gasteiger partial charge on any atom is -0.465 e. The summed E-state index contributed by atoms with van der Waals surface area (Å²) >= 11 is 1.68. The minimum absolute atomic E-state index is 0.0387. The lowest BCUT2D eigenvalue weighted by atomic mass is 10.0. The first kappa shape index (κ1) is 19.1. The smallest absolute Gasteiger partial charge is 0.339 e. The first-order valence-corrected chi connectivity index (χ1v) is 9.63. The molecule has 2 heterocycles. The zero-order chi connectivity index (χ0) is 19.4. The van der Waals surface area contributed by atoms with E-state index >= 15 is 0 Å². The Morgan fingerprint density at radius 1 is 1.15 bits per heavy atom. The number of hydrogen-bond donors (Lipinski definition) is 2. The van der Waals surface area contributed by atoms with Gasteiger partial charge in [0, 0.05) is 11.3 Å². The zero-order valence-corrected chi connectivity index (χ0v) is 16.4. The Morgan fingerprint density at radius 2 is 1.89 bits per heavy atom. The van der Waals surface area contributed by atoms with Crippen LogP contribution in [0.4, 0.5) is 0 Å². The van der Waals surface area contributed by atoms with Crippen LogP contribution in [-0.4, -0.2) is 30.4 Å². The van der Waals surface area contributed by atoms with Crippen LogP contribution in [0.3, 0.4) is 0 Å². The third-order valence-electron chi connectivity index (χ3n) is 4.65. The summed E-state index contributed by atoms with van der Waals surface area (Å²) in [5.41, 5.74) is 3.37. The third kappa shape index (κ3) is 4.02. The number of carbonyl (C=O) groups excluding carboxylic acids is 2. The minimum atomic E-state index is -0.426. The highest BCUT2D eigenvalue weighted by atomic mass is 32.1. The van der Waals surface area contributed by atoms with Crippen molar-refractivity contribution in [3.8, 4) is 0 Å². The van der Waals surface area contributed by atoms with E-state index in [0.29, 0.717) is 22.5 Å². The van der Waals surface area contributed by atoms with Crippen molar-refractivity contribution in [2.24, 2.45) is 0 Å². The molecule has 3 rings (SSSR count). The molecule has 0 bridgehead atoms. The number of benzene rings is 1. The molecule has 1 atom stereocenters. The molecule has 27 heavy (non-hydrogen) atoms. The maximum atomic E-state index is 12.8. The number of esters is 1. The Kier molecular flexibility index (Phi) is 5.88. The molecule has 0 aliphatic carbocycles. The first-order valence-electron chi connectivity index (χ1n) is 8.75. The van der Waals surface area contributed by atoms with Crippen LogP contribution in [0.25, 0.3) is 0 Å². The normalized spacial score (nSPS) is 12.0. The predicted octanol–water partition coefficient (Wildman–Crippen LogP) is 3.02. The average Bonchev–Trinajstić information content (AvgIpc) is 3.30. The summed E-state index contributed by atoms with van der Waals surface area (Å²) in [7, 11) is 1.34. The number of aryl methyl sites for hydroxylation is 1. The van der Waals surface area contributed by atoms with Crippen LogP contribution >= 0.6 is 11.3 Å². The van der Waals surface area contributed by atoms with E-state index in [-0.39, 0.29) is 18.4 Å². The highest BCUT2D eigenvalue weighted by Crippen LogP contribution is 2.23. The number of Topliss-reactive ketones (excluding diaryl/α,β-unsaturated/α-hetero) is 1. The first-order chi connectivity index (χ1) is 13.0. The van der Waals surface area contributed by atoms with E-state index in [1.54, 1.807) is 25.2 Å². The fraction of sp³-hybridized carbons (Fsp3) is 0.238. The average molecular weight is 383 g/mol. The lowest BCUT2D eigenvalue weighted by Crippen LogP contribution is -2.87. The fourth-order valence-electron chi connectivity index (χ4n) is 3.31. The van der Waals surface area contributed by atoms with E-state index < -0.39 is 5.97 Å². The summed E-state index contributed by atoms with van der Waals surface area (Å²) in [4.78, 5) is 29.0. The number of carbonyl (C=O) groups is 2. The van der Waals surface area contributed by atoms with Crippen LogP contribution in [0.5, 0.6) is 0 Å². The zero-order valence-electron chi connectivity index (χ0n) is 15.6. The molecule has 3 aromatic rings. The predicted molar refractivity (Wildman–Crippen MR) is 105 cm³/mol. The number of methoxy groups -OCH3 is 1. The van der Waals surface area contributed by atoms with Gasteiger partial charge in [0.25, 0.3) is 0 Å². The molecule has 1 aromatic carbocycles. The van der Waals surface area contributed by atoms with Gasteiger partial charge in [0.15, 0.2) is 0 Å². The van der Waals surface area contributed by atoms with E-state index in [0.717, 1.165) is 5.56 Å². The molecule has 140 valence electrons. The van der Waals surface area contributed by atoms with Gasteiger partial charge in [0.05, 0.1) is 23.2 Å². The van der Waals surface area contributed by atoms with Crippen molar-refractivity contribution in [1.29, 1.82) is 0 Å². The molecule has 3 N–H and O–H groups in total. The van der Waals surface area contributed by atoms with Gasteiger partial charge >= 0.3 is 5.97 Å². The molecule has 0 saturated heterocycles. The van der Waals surface area contributed by atoms with E-state index in [1.807, 2.05) is 35.0 Å². The number of rotatable bonds is 7. The number of nitrogens with two attached hydrogens (primary N) is 1. The Morgan fingerprint density at radius 3 is 2.52 bits per heavy atom. The molecule has 0 aliphatic rings. The molecule has 0 saturated carbocycles. The third-order valence-corrected chi connectivity index (χ3v) is 5.61. The van der Waals surface area contributed by atoms with Gasteiger partial charge < -0.3 is 15.0 Å². The van der Waals surface area contributed by atoms with Gasteiger partial charge in [-0.1, -0.05) is 36.4 Å². The monoisotopic (exact) mass is 383 g/mol. The van der Waals surface area contributed by atoms with Crippen LogP contribution in [0.15, 0.2) is 47.8 Å². The molecular formula is C21H23N2O3S+. The molecule has 6 heteroatoms. The number of ketones is 1. The number of H-pyrrole nitrogens is 1. The van der Waals surface area contributed by atoms with Gasteiger partial charge in [-0.2, -0.15) is 0 Å². The number of quaternary nitrogens is 1. The van der Waals surface area contributed by atoms with Crippen molar-refractivity contribution >= 4 is 23.1 Å². The molecule has 0 aliphatic heterocycles. The quantitative estimate of drug-likeness (QED) is 0.486. The SMILES string of the molecule is COC(=O)c1c(C)[nH]c(C(=O)C[NH2+][C@H](c2ccccc2)c2cccs2)c1C. The number of thiophene rings is 1. The Labute approximate surface area is 162 Å². The highest BCUT2D eigenvalue weighted by Gasteiger charge is 2.25. The molecule has 5 nitrogen and oxygen atoms in total. The number of aromatic nitrogens is 1. The van der Waals surface area contributed by atoms with Crippen molar-refractivity contribution in [3.05, 3.63) is 80.8 Å². The maximum Gasteiger partial charge on any atom is 0.339 e. The van der Waals surface area contributed by atoms with Crippen LogP contribution in [-0.2, 0) is 4.74 Å². The number of hydrogen-bond acceptors (Lipinski definition) is 4. The summed E-state index contributed by atoms with van der Waals surface area (Å²) in [5.74, 6) is -0.465. The van der Waals surface area contributed by atoms with Crippen LogP contribution in [0.1, 0.15) is 48.6 Å². The van der Waals surface area contributed by atoms with Gasteiger partial charge in [0.2, 0.25) is 5.78 Å². The second kappa shape index (κ2) is 8.33. The van der Waals surface area contributed by atoms with E-state index in [9.17, 15) is 9.59 Å². The molecule has 0 spiro atoms. The number of aromatic amines is 1. The standard InChI is InChI=1S/C21H22N2O3S/c1-13-18(21(25)26-3)14(2)23-19(13)16(24)12-22-20(17-10-7-11-27-17)15-8-5-4-6-9-15/h4-11,20,22-23H,12H2,1-3H3/p+1/t20-/m1/s1. The van der Waals surface area contributed by atoms with Gasteiger partial charge in [-0.25, -0.2) is 4.79 Å². The van der Waals surface area contributed by atoms with Crippen LogP contribution in [0, 0.1) is 13.8 Å². The van der Waals surface area contributed by atoms with Crippen molar-refractivity contribution in [2.45, 2.75) is 19.9 Å². The summed E-state index contributed by atoms with van der Waals surface area (Å²) in [5, 5.41) is 4.08. The maximum absolute atomic E-state index is 12.8.